The van der Waals surface area contributed by atoms with Gasteiger partial charge in [0.2, 0.25) is 0 Å². The van der Waals surface area contributed by atoms with Crippen LogP contribution in [0.1, 0.15) is 31.1 Å². The van der Waals surface area contributed by atoms with Crippen molar-refractivity contribution in [1.29, 1.82) is 0 Å². The molecule has 22 heavy (non-hydrogen) atoms. The van der Waals surface area contributed by atoms with Gasteiger partial charge in [-0.25, -0.2) is 9.59 Å². The van der Waals surface area contributed by atoms with E-state index in [1.165, 1.54) is 14.0 Å². The fourth-order valence-corrected chi connectivity index (χ4v) is 1.50. The van der Waals surface area contributed by atoms with Gasteiger partial charge in [-0.1, -0.05) is 0 Å². The molecule has 0 spiro atoms. The maximum atomic E-state index is 11.9. The Kier molecular flexibility index (Phi) is 6.37. The summed E-state index contributed by atoms with van der Waals surface area (Å²) < 4.78 is 10.5. The van der Waals surface area contributed by atoms with Gasteiger partial charge in [0.15, 0.2) is 6.10 Å². The standard InChI is InChI=1S/C15H20N2O5/c1-9(2)21-12-7-5-11(6-8-12)14(19)22-10(3)13(18)17-15(20)16-4/h5-10H,1-4H3,(H2,16,17,18,20). The van der Waals surface area contributed by atoms with E-state index in [0.717, 1.165) is 0 Å². The molecule has 1 aromatic rings. The van der Waals surface area contributed by atoms with Gasteiger partial charge in [0.05, 0.1) is 11.7 Å². The summed E-state index contributed by atoms with van der Waals surface area (Å²) in [5.41, 5.74) is 0.288. The molecule has 0 saturated carbocycles. The molecule has 0 aromatic heterocycles. The summed E-state index contributed by atoms with van der Waals surface area (Å²) in [5.74, 6) is -0.722. The zero-order valence-corrected chi connectivity index (χ0v) is 13.0. The van der Waals surface area contributed by atoms with Crippen LogP contribution in [0.2, 0.25) is 0 Å². The van der Waals surface area contributed by atoms with Crippen molar-refractivity contribution in [3.05, 3.63) is 29.8 Å². The third-order valence-corrected chi connectivity index (χ3v) is 2.58. The first-order valence-corrected chi connectivity index (χ1v) is 6.83. The van der Waals surface area contributed by atoms with Crippen molar-refractivity contribution in [3.8, 4) is 5.75 Å². The number of esters is 1. The number of hydrogen-bond acceptors (Lipinski definition) is 5. The van der Waals surface area contributed by atoms with Crippen molar-refractivity contribution in [1.82, 2.24) is 10.6 Å². The number of nitrogens with one attached hydrogen (secondary N) is 2. The number of rotatable bonds is 5. The first kappa shape index (κ1) is 17.5. The van der Waals surface area contributed by atoms with E-state index in [9.17, 15) is 14.4 Å². The molecule has 1 aromatic carbocycles. The Morgan fingerprint density at radius 2 is 1.64 bits per heavy atom. The largest absolute Gasteiger partial charge is 0.491 e. The lowest BCUT2D eigenvalue weighted by molar-refractivity contribution is -0.127. The van der Waals surface area contributed by atoms with Crippen LogP contribution in [0.5, 0.6) is 5.75 Å². The second-order valence-corrected chi connectivity index (χ2v) is 4.81. The van der Waals surface area contributed by atoms with E-state index < -0.39 is 24.0 Å². The van der Waals surface area contributed by atoms with Gasteiger partial charge in [0.25, 0.3) is 5.91 Å². The molecule has 0 bridgehead atoms. The Hall–Kier alpha value is -2.57. The van der Waals surface area contributed by atoms with Gasteiger partial charge in [0, 0.05) is 7.05 Å². The highest BCUT2D eigenvalue weighted by Gasteiger charge is 2.20. The molecular formula is C15H20N2O5. The molecule has 1 unspecified atom stereocenters. The summed E-state index contributed by atoms with van der Waals surface area (Å²) in [6, 6.07) is 5.72. The topological polar surface area (TPSA) is 93.7 Å². The molecule has 0 radical (unpaired) electrons. The van der Waals surface area contributed by atoms with E-state index in [1.807, 2.05) is 19.2 Å². The van der Waals surface area contributed by atoms with Gasteiger partial charge < -0.3 is 14.8 Å². The summed E-state index contributed by atoms with van der Waals surface area (Å²) in [7, 11) is 1.38. The molecule has 0 saturated heterocycles. The molecule has 3 amide bonds. The zero-order chi connectivity index (χ0) is 16.7. The van der Waals surface area contributed by atoms with E-state index in [-0.39, 0.29) is 11.7 Å². The first-order valence-electron chi connectivity index (χ1n) is 6.83. The van der Waals surface area contributed by atoms with Gasteiger partial charge in [-0.2, -0.15) is 0 Å². The van der Waals surface area contributed by atoms with Gasteiger partial charge in [0.1, 0.15) is 5.75 Å². The lowest BCUT2D eigenvalue weighted by Crippen LogP contribution is -2.43. The highest BCUT2D eigenvalue weighted by Crippen LogP contribution is 2.15. The number of amides is 3. The highest BCUT2D eigenvalue weighted by molar-refractivity contribution is 5.98. The van der Waals surface area contributed by atoms with Crippen molar-refractivity contribution in [2.45, 2.75) is 33.0 Å². The monoisotopic (exact) mass is 308 g/mol. The van der Waals surface area contributed by atoms with Gasteiger partial charge >= 0.3 is 12.0 Å². The Morgan fingerprint density at radius 3 is 2.14 bits per heavy atom. The molecule has 0 aliphatic rings. The van der Waals surface area contributed by atoms with Gasteiger partial charge in [-0.15, -0.1) is 0 Å². The molecular weight excluding hydrogens is 288 g/mol. The summed E-state index contributed by atoms with van der Waals surface area (Å²) in [6.07, 6.45) is -1.05. The number of ether oxygens (including phenoxy) is 2. The number of carbonyl (C=O) groups excluding carboxylic acids is 3. The summed E-state index contributed by atoms with van der Waals surface area (Å²) in [6.45, 7) is 5.18. The van der Waals surface area contributed by atoms with E-state index in [0.29, 0.717) is 5.75 Å². The Labute approximate surface area is 129 Å². The maximum Gasteiger partial charge on any atom is 0.338 e. The van der Waals surface area contributed by atoms with Gasteiger partial charge in [-0.05, 0) is 45.0 Å². The summed E-state index contributed by atoms with van der Waals surface area (Å²) >= 11 is 0. The lowest BCUT2D eigenvalue weighted by atomic mass is 10.2. The zero-order valence-electron chi connectivity index (χ0n) is 13.0. The predicted octanol–water partition coefficient (Wildman–Crippen LogP) is 1.47. The number of hydrogen-bond donors (Lipinski definition) is 2. The van der Waals surface area contributed by atoms with Crippen LogP contribution in [0, 0.1) is 0 Å². The number of benzene rings is 1. The van der Waals surface area contributed by atoms with Crippen molar-refractivity contribution < 1.29 is 23.9 Å². The number of carbonyl (C=O) groups is 3. The minimum absolute atomic E-state index is 0.0335. The van der Waals surface area contributed by atoms with Crippen molar-refractivity contribution in [2.75, 3.05) is 7.05 Å². The molecule has 120 valence electrons. The van der Waals surface area contributed by atoms with Crippen molar-refractivity contribution in [2.24, 2.45) is 0 Å². The van der Waals surface area contributed by atoms with Crippen LogP contribution in [0.4, 0.5) is 4.79 Å². The van der Waals surface area contributed by atoms with Crippen LogP contribution < -0.4 is 15.4 Å². The predicted molar refractivity (Wildman–Crippen MR) is 79.7 cm³/mol. The Morgan fingerprint density at radius 1 is 1.05 bits per heavy atom. The minimum Gasteiger partial charge on any atom is -0.491 e. The smallest absolute Gasteiger partial charge is 0.338 e. The summed E-state index contributed by atoms with van der Waals surface area (Å²) in [5, 5.41) is 4.26. The SMILES string of the molecule is CNC(=O)NC(=O)C(C)OC(=O)c1ccc(OC(C)C)cc1. The maximum absolute atomic E-state index is 11.9. The molecule has 2 N–H and O–H groups in total. The average molecular weight is 308 g/mol. The molecule has 7 heteroatoms. The van der Waals surface area contributed by atoms with Crippen LogP contribution in [0.3, 0.4) is 0 Å². The quantitative estimate of drug-likeness (QED) is 0.803. The highest BCUT2D eigenvalue weighted by atomic mass is 16.5. The molecule has 7 nitrogen and oxygen atoms in total. The molecule has 0 heterocycles. The van der Waals surface area contributed by atoms with Gasteiger partial charge in [-0.3, -0.25) is 10.1 Å². The third-order valence-electron chi connectivity index (χ3n) is 2.58. The van der Waals surface area contributed by atoms with Crippen LogP contribution in [-0.2, 0) is 9.53 Å². The van der Waals surface area contributed by atoms with E-state index in [2.05, 4.69) is 5.32 Å². The van der Waals surface area contributed by atoms with Crippen molar-refractivity contribution >= 4 is 17.9 Å². The van der Waals surface area contributed by atoms with Crippen LogP contribution in [-0.4, -0.2) is 37.2 Å². The van der Waals surface area contributed by atoms with Crippen molar-refractivity contribution in [3.63, 3.8) is 0 Å². The fraction of sp³-hybridized carbons (Fsp3) is 0.400. The second-order valence-electron chi connectivity index (χ2n) is 4.81. The van der Waals surface area contributed by atoms with Crippen LogP contribution in [0.15, 0.2) is 24.3 Å². The molecule has 0 aliphatic carbocycles. The number of imide groups is 1. The Bertz CT molecular complexity index is 539. The summed E-state index contributed by atoms with van der Waals surface area (Å²) in [4.78, 5) is 34.5. The first-order chi connectivity index (χ1) is 10.3. The molecule has 0 fully saturated rings. The molecule has 1 rings (SSSR count). The normalized spacial score (nSPS) is 11.5. The molecule has 1 atom stereocenters. The van der Waals surface area contributed by atoms with E-state index >= 15 is 0 Å². The third kappa shape index (κ3) is 5.43. The minimum atomic E-state index is -1.09. The number of urea groups is 1. The van der Waals surface area contributed by atoms with Crippen LogP contribution >= 0.6 is 0 Å². The average Bonchev–Trinajstić information content (AvgIpc) is 2.46. The fourth-order valence-electron chi connectivity index (χ4n) is 1.50. The molecule has 0 aliphatic heterocycles. The second kappa shape index (κ2) is 8.02. The van der Waals surface area contributed by atoms with Crippen LogP contribution in [0.25, 0.3) is 0 Å². The Balaban J connectivity index is 2.60. The van der Waals surface area contributed by atoms with E-state index in [1.54, 1.807) is 24.3 Å². The van der Waals surface area contributed by atoms with E-state index in [4.69, 9.17) is 9.47 Å². The lowest BCUT2D eigenvalue weighted by Gasteiger charge is -2.13.